The Morgan fingerprint density at radius 1 is 0.722 bits per heavy atom. The van der Waals surface area contributed by atoms with Gasteiger partial charge in [-0.15, -0.1) is 23.2 Å². The second-order valence-corrected chi connectivity index (χ2v) is 9.77. The molecule has 0 saturated carbocycles. The first kappa shape index (κ1) is 25.7. The number of anilines is 4. The van der Waals surface area contributed by atoms with E-state index in [0.29, 0.717) is 24.2 Å². The topological polar surface area (TPSA) is 112 Å². The van der Waals surface area contributed by atoms with Crippen molar-refractivity contribution >= 4 is 46.0 Å². The molecular formula is C26H32Cl2N8. The van der Waals surface area contributed by atoms with E-state index in [1.165, 1.54) is 0 Å². The predicted octanol–water partition coefficient (Wildman–Crippen LogP) is 6.55. The number of nitrogen functional groups attached to an aromatic ring is 2. The minimum Gasteiger partial charge on any atom is -0.397 e. The Kier molecular flexibility index (Phi) is 8.28. The molecular weight excluding hydrogens is 495 g/mol. The van der Waals surface area contributed by atoms with Crippen LogP contribution in [-0.4, -0.2) is 19.1 Å². The van der Waals surface area contributed by atoms with Crippen molar-refractivity contribution in [2.75, 3.05) is 22.1 Å². The van der Waals surface area contributed by atoms with Crippen molar-refractivity contribution in [3.8, 4) is 0 Å². The highest BCUT2D eigenvalue weighted by Crippen LogP contribution is 2.34. The van der Waals surface area contributed by atoms with Crippen LogP contribution in [0.4, 0.5) is 22.7 Å². The molecule has 6 N–H and O–H groups in total. The third-order valence-corrected chi connectivity index (χ3v) is 6.94. The Morgan fingerprint density at radius 2 is 1.11 bits per heavy atom. The normalized spacial score (nSPS) is 14.7. The molecule has 2 aromatic heterocycles. The van der Waals surface area contributed by atoms with Crippen LogP contribution in [-0.2, 0) is 0 Å². The zero-order chi connectivity index (χ0) is 25.7. The minimum absolute atomic E-state index is 0.0866. The molecule has 0 aliphatic carbocycles. The van der Waals surface area contributed by atoms with Crippen molar-refractivity contribution in [3.05, 3.63) is 85.0 Å². The quantitative estimate of drug-likeness (QED) is 0.130. The fraction of sp³-hybridized carbons (Fsp3) is 0.308. The summed E-state index contributed by atoms with van der Waals surface area (Å²) >= 11 is 13.6. The van der Waals surface area contributed by atoms with Gasteiger partial charge in [-0.2, -0.15) is 0 Å². The summed E-state index contributed by atoms with van der Waals surface area (Å²) in [5, 5.41) is 6.21. The maximum Gasteiger partial charge on any atom is 0.128 e. The second kappa shape index (κ2) is 11.6. The monoisotopic (exact) mass is 526 g/mol. The van der Waals surface area contributed by atoms with Gasteiger partial charge in [0.2, 0.25) is 0 Å². The number of nitrogens with one attached hydrogen (secondary N) is 2. The number of alkyl halides is 2. The smallest absolute Gasteiger partial charge is 0.128 e. The summed E-state index contributed by atoms with van der Waals surface area (Å²) in [5.74, 6) is 1.54. The van der Waals surface area contributed by atoms with E-state index in [-0.39, 0.29) is 23.1 Å². The van der Waals surface area contributed by atoms with E-state index >= 15 is 0 Å². The molecule has 2 heterocycles. The third-order valence-electron chi connectivity index (χ3n) is 6.12. The number of para-hydroxylation sites is 4. The van der Waals surface area contributed by atoms with Gasteiger partial charge in [0.15, 0.2) is 0 Å². The number of benzene rings is 2. The molecule has 0 aliphatic heterocycles. The highest BCUT2D eigenvalue weighted by molar-refractivity contribution is 6.21. The number of nitrogens with zero attached hydrogens (tertiary/aromatic N) is 4. The van der Waals surface area contributed by atoms with Crippen molar-refractivity contribution in [1.82, 2.24) is 19.1 Å². The molecule has 2 aromatic carbocycles. The lowest BCUT2D eigenvalue weighted by Crippen LogP contribution is -2.19. The zero-order valence-corrected chi connectivity index (χ0v) is 21.9. The standard InChI is InChI=1S/C26H32Cl2N8/c1-17(33-23-9-5-3-7-21(23)29)35-15-13-31-25(35)19(27)11-12-20(28)26-32-14-16-36(26)18(2)34-24-10-6-4-8-22(24)30/h3-10,13-20,33-34H,11-12,29-30H2,1-2H3. The minimum atomic E-state index is -0.318. The number of hydrogen-bond acceptors (Lipinski definition) is 6. The molecule has 0 amide bonds. The van der Waals surface area contributed by atoms with E-state index in [1.54, 1.807) is 12.4 Å². The largest absolute Gasteiger partial charge is 0.397 e. The molecule has 4 aromatic rings. The average Bonchev–Trinajstić information content (AvgIpc) is 3.55. The highest BCUT2D eigenvalue weighted by Gasteiger charge is 2.22. The molecule has 0 radical (unpaired) electrons. The first-order valence-electron chi connectivity index (χ1n) is 11.9. The Hall–Kier alpha value is -3.36. The second-order valence-electron chi connectivity index (χ2n) is 8.71. The van der Waals surface area contributed by atoms with Crippen LogP contribution in [0.5, 0.6) is 0 Å². The summed E-state index contributed by atoms with van der Waals surface area (Å²) in [5.41, 5.74) is 15.3. The van der Waals surface area contributed by atoms with Gasteiger partial charge in [-0.3, -0.25) is 0 Å². The maximum absolute atomic E-state index is 6.82. The fourth-order valence-corrected chi connectivity index (χ4v) is 4.78. The van der Waals surface area contributed by atoms with Crippen LogP contribution in [0.25, 0.3) is 0 Å². The first-order chi connectivity index (χ1) is 17.3. The van der Waals surface area contributed by atoms with Crippen LogP contribution in [0.2, 0.25) is 0 Å². The van der Waals surface area contributed by atoms with Crippen LogP contribution in [0.1, 0.15) is 61.4 Å². The van der Waals surface area contributed by atoms with Crippen LogP contribution in [0.15, 0.2) is 73.3 Å². The van der Waals surface area contributed by atoms with E-state index in [4.69, 9.17) is 34.7 Å². The fourth-order valence-electron chi connectivity index (χ4n) is 4.19. The highest BCUT2D eigenvalue weighted by atomic mass is 35.5. The molecule has 190 valence electrons. The third kappa shape index (κ3) is 5.88. The predicted molar refractivity (Wildman–Crippen MR) is 149 cm³/mol. The zero-order valence-electron chi connectivity index (χ0n) is 20.4. The molecule has 0 saturated heterocycles. The van der Waals surface area contributed by atoms with Gasteiger partial charge >= 0.3 is 0 Å². The van der Waals surface area contributed by atoms with Crippen LogP contribution in [0.3, 0.4) is 0 Å². The average molecular weight is 528 g/mol. The van der Waals surface area contributed by atoms with Gasteiger partial charge in [-0.1, -0.05) is 24.3 Å². The number of aromatic nitrogens is 4. The van der Waals surface area contributed by atoms with Gasteiger partial charge in [0.25, 0.3) is 0 Å². The summed E-state index contributed by atoms with van der Waals surface area (Å²) in [7, 11) is 0. The molecule has 0 aliphatic rings. The number of hydrogen-bond donors (Lipinski definition) is 4. The molecule has 0 spiro atoms. The van der Waals surface area contributed by atoms with Gasteiger partial charge in [0.05, 0.1) is 33.5 Å². The van der Waals surface area contributed by atoms with Gasteiger partial charge in [-0.05, 0) is 51.0 Å². The first-order valence-corrected chi connectivity index (χ1v) is 12.8. The summed E-state index contributed by atoms with van der Waals surface area (Å²) in [6.45, 7) is 4.08. The molecule has 36 heavy (non-hydrogen) atoms. The Morgan fingerprint density at radius 3 is 1.50 bits per heavy atom. The van der Waals surface area contributed by atoms with Crippen LogP contribution >= 0.6 is 23.2 Å². The maximum atomic E-state index is 6.82. The van der Waals surface area contributed by atoms with Crippen molar-refractivity contribution < 1.29 is 0 Å². The Labute approximate surface area is 221 Å². The van der Waals surface area contributed by atoms with Gasteiger partial charge in [-0.25, -0.2) is 9.97 Å². The number of rotatable bonds is 11. The molecule has 4 rings (SSSR count). The molecule has 0 fully saturated rings. The lowest BCUT2D eigenvalue weighted by molar-refractivity contribution is 0.538. The Bertz CT molecular complexity index is 1170. The lowest BCUT2D eigenvalue weighted by atomic mass is 10.1. The summed E-state index contributed by atoms with van der Waals surface area (Å²) in [6, 6.07) is 15.3. The molecule has 8 nitrogen and oxygen atoms in total. The summed E-state index contributed by atoms with van der Waals surface area (Å²) in [4.78, 5) is 9.03. The Balaban J connectivity index is 1.38. The summed E-state index contributed by atoms with van der Waals surface area (Å²) in [6.07, 6.45) is 8.42. The van der Waals surface area contributed by atoms with Crippen molar-refractivity contribution in [2.24, 2.45) is 0 Å². The van der Waals surface area contributed by atoms with E-state index in [1.807, 2.05) is 83.9 Å². The van der Waals surface area contributed by atoms with Crippen molar-refractivity contribution in [1.29, 1.82) is 0 Å². The molecule has 4 unspecified atom stereocenters. The number of halogens is 2. The number of imidazole rings is 2. The van der Waals surface area contributed by atoms with Crippen molar-refractivity contribution in [3.63, 3.8) is 0 Å². The lowest BCUT2D eigenvalue weighted by Gasteiger charge is -2.23. The molecule has 0 bridgehead atoms. The van der Waals surface area contributed by atoms with E-state index in [9.17, 15) is 0 Å². The van der Waals surface area contributed by atoms with Gasteiger partial charge in [0.1, 0.15) is 24.0 Å². The molecule has 4 atom stereocenters. The van der Waals surface area contributed by atoms with Crippen LogP contribution in [0, 0.1) is 0 Å². The van der Waals surface area contributed by atoms with E-state index in [0.717, 1.165) is 23.0 Å². The number of nitrogens with two attached hydrogens (primary N) is 2. The van der Waals surface area contributed by atoms with Gasteiger partial charge < -0.3 is 31.2 Å². The van der Waals surface area contributed by atoms with E-state index < -0.39 is 0 Å². The van der Waals surface area contributed by atoms with Crippen LogP contribution < -0.4 is 22.1 Å². The van der Waals surface area contributed by atoms with E-state index in [2.05, 4.69) is 20.6 Å². The van der Waals surface area contributed by atoms with Gasteiger partial charge in [0, 0.05) is 24.8 Å². The summed E-state index contributed by atoms with van der Waals surface area (Å²) < 4.78 is 4.04. The van der Waals surface area contributed by atoms with Crippen molar-refractivity contribution in [2.45, 2.75) is 49.8 Å². The molecule has 10 heteroatoms. The SMILES string of the molecule is CC(Nc1ccccc1N)n1ccnc1C(Cl)CCC(Cl)c1nccn1C(C)Nc1ccccc1N.